The molecule has 0 fully saturated rings. The van der Waals surface area contributed by atoms with Gasteiger partial charge in [0.1, 0.15) is 16.9 Å². The minimum atomic E-state index is -0.265. The fourth-order valence-corrected chi connectivity index (χ4v) is 4.89. The number of carbonyl (C=O) groups excluding carboxylic acids is 1. The largest absolute Gasteiger partial charge is 0.495 e. The van der Waals surface area contributed by atoms with Crippen molar-refractivity contribution in [3.63, 3.8) is 0 Å². The lowest BCUT2D eigenvalue weighted by Gasteiger charge is -2.27. The van der Waals surface area contributed by atoms with Crippen molar-refractivity contribution >= 4 is 33.8 Å². The summed E-state index contributed by atoms with van der Waals surface area (Å²) in [6, 6.07) is 5.57. The van der Waals surface area contributed by atoms with Crippen LogP contribution in [0.2, 0.25) is 5.02 Å². The van der Waals surface area contributed by atoms with Crippen molar-refractivity contribution in [1.29, 1.82) is 0 Å². The summed E-state index contributed by atoms with van der Waals surface area (Å²) in [5.41, 5.74) is 3.01. The molecule has 1 unspecified atom stereocenters. The molecule has 2 heterocycles. The number of methoxy groups -OCH3 is 1. The zero-order valence-corrected chi connectivity index (χ0v) is 14.3. The minimum absolute atomic E-state index is 0.00934. The van der Waals surface area contributed by atoms with E-state index in [0.717, 1.165) is 29.0 Å². The molecule has 0 saturated heterocycles. The average Bonchev–Trinajstić information content (AvgIpc) is 2.93. The van der Waals surface area contributed by atoms with E-state index in [4.69, 9.17) is 16.3 Å². The molecule has 1 amide bonds. The van der Waals surface area contributed by atoms with Crippen molar-refractivity contribution in [3.05, 3.63) is 44.8 Å². The van der Waals surface area contributed by atoms with E-state index in [-0.39, 0.29) is 12.1 Å². The fraction of sp³-hybridized carbons (Fsp3) is 0.353. The number of fused-ring (bicyclic) bond motifs is 3. The Bertz CT molecular complexity index is 787. The molecular weight excluding hydrogens is 332 g/mol. The van der Waals surface area contributed by atoms with Gasteiger partial charge >= 0.3 is 0 Å². The van der Waals surface area contributed by atoms with E-state index in [0.29, 0.717) is 10.8 Å². The van der Waals surface area contributed by atoms with Gasteiger partial charge in [0.2, 0.25) is 0 Å². The molecule has 1 aromatic carbocycles. The van der Waals surface area contributed by atoms with Gasteiger partial charge in [0.05, 0.1) is 17.7 Å². The Morgan fingerprint density at radius 1 is 1.26 bits per heavy atom. The number of nitrogens with one attached hydrogen (secondary N) is 2. The third-order valence-corrected chi connectivity index (χ3v) is 5.98. The molecule has 0 bridgehead atoms. The molecule has 1 aliphatic heterocycles. The Kier molecular flexibility index (Phi) is 3.70. The van der Waals surface area contributed by atoms with Crippen LogP contribution >= 0.6 is 22.9 Å². The van der Waals surface area contributed by atoms with Gasteiger partial charge in [-0.3, -0.25) is 4.79 Å². The first kappa shape index (κ1) is 14.8. The summed E-state index contributed by atoms with van der Waals surface area (Å²) in [4.78, 5) is 14.0. The molecule has 2 aromatic rings. The number of amides is 1. The maximum absolute atomic E-state index is 12.6. The Balaban J connectivity index is 1.68. The van der Waals surface area contributed by atoms with Gasteiger partial charge in [-0.25, -0.2) is 0 Å². The van der Waals surface area contributed by atoms with Crippen LogP contribution in [0.5, 0.6) is 5.75 Å². The van der Waals surface area contributed by atoms with Crippen LogP contribution in [0, 0.1) is 0 Å². The van der Waals surface area contributed by atoms with E-state index in [1.807, 2.05) is 18.2 Å². The van der Waals surface area contributed by atoms with Gasteiger partial charge in [0.25, 0.3) is 5.91 Å². The quantitative estimate of drug-likeness (QED) is 0.857. The topological polar surface area (TPSA) is 50.4 Å². The lowest BCUT2D eigenvalue weighted by Crippen LogP contribution is -2.38. The van der Waals surface area contributed by atoms with Gasteiger partial charge in [-0.15, -0.1) is 11.3 Å². The second-order valence-electron chi connectivity index (χ2n) is 5.86. The number of hydrogen-bond donors (Lipinski definition) is 2. The van der Waals surface area contributed by atoms with Crippen LogP contribution in [0.15, 0.2) is 18.2 Å². The normalized spacial score (nSPS) is 19.4. The molecule has 1 aliphatic carbocycles. The number of aryl methyl sites for hydroxylation is 1. The fourth-order valence-electron chi connectivity index (χ4n) is 3.31. The summed E-state index contributed by atoms with van der Waals surface area (Å²) in [5, 5.41) is 8.02. The highest BCUT2D eigenvalue weighted by Gasteiger charge is 2.32. The zero-order chi connectivity index (χ0) is 16.0. The summed E-state index contributed by atoms with van der Waals surface area (Å²) in [6.07, 6.45) is 4.21. The number of anilines is 1. The number of rotatable bonds is 2. The van der Waals surface area contributed by atoms with Crippen molar-refractivity contribution in [2.75, 3.05) is 12.4 Å². The van der Waals surface area contributed by atoms with Crippen LogP contribution in [0.25, 0.3) is 0 Å². The molecule has 6 heteroatoms. The first-order valence-electron chi connectivity index (χ1n) is 7.72. The third-order valence-electron chi connectivity index (χ3n) is 4.46. The molecule has 120 valence electrons. The van der Waals surface area contributed by atoms with E-state index in [1.165, 1.54) is 23.3 Å². The molecule has 2 N–H and O–H groups in total. The summed E-state index contributed by atoms with van der Waals surface area (Å²) >= 11 is 7.93. The zero-order valence-electron chi connectivity index (χ0n) is 12.7. The average molecular weight is 349 g/mol. The molecule has 0 saturated carbocycles. The molecule has 2 aliphatic rings. The first-order valence-corrected chi connectivity index (χ1v) is 8.92. The summed E-state index contributed by atoms with van der Waals surface area (Å²) in [6.45, 7) is 0. The SMILES string of the molecule is COc1ccc(C2NC(=O)c3c(sc4c3CCCC4)N2)cc1Cl. The van der Waals surface area contributed by atoms with E-state index >= 15 is 0 Å². The van der Waals surface area contributed by atoms with Crippen LogP contribution in [-0.2, 0) is 12.8 Å². The van der Waals surface area contributed by atoms with Gasteiger partial charge in [-0.1, -0.05) is 17.7 Å². The predicted molar refractivity (Wildman–Crippen MR) is 92.8 cm³/mol. The predicted octanol–water partition coefficient (Wildman–Crippen LogP) is 4.14. The van der Waals surface area contributed by atoms with Crippen LogP contribution in [0.3, 0.4) is 0 Å². The van der Waals surface area contributed by atoms with E-state index in [9.17, 15) is 4.79 Å². The molecular formula is C17H17ClN2O2S. The lowest BCUT2D eigenvalue weighted by molar-refractivity contribution is 0.0935. The number of halogens is 1. The Morgan fingerprint density at radius 2 is 2.09 bits per heavy atom. The number of carbonyl (C=O) groups is 1. The second-order valence-corrected chi connectivity index (χ2v) is 7.37. The van der Waals surface area contributed by atoms with Crippen molar-refractivity contribution in [3.8, 4) is 5.75 Å². The second kappa shape index (κ2) is 5.73. The molecule has 0 radical (unpaired) electrons. The lowest BCUT2D eigenvalue weighted by atomic mass is 9.94. The van der Waals surface area contributed by atoms with Crippen LogP contribution in [-0.4, -0.2) is 13.0 Å². The maximum Gasteiger partial charge on any atom is 0.256 e. The van der Waals surface area contributed by atoms with Gasteiger partial charge in [-0.05, 0) is 48.9 Å². The number of benzene rings is 1. The van der Waals surface area contributed by atoms with Gasteiger partial charge in [0, 0.05) is 4.88 Å². The van der Waals surface area contributed by atoms with Crippen LogP contribution in [0.4, 0.5) is 5.00 Å². The van der Waals surface area contributed by atoms with E-state index in [1.54, 1.807) is 18.4 Å². The van der Waals surface area contributed by atoms with E-state index in [2.05, 4.69) is 10.6 Å². The van der Waals surface area contributed by atoms with Crippen LogP contribution in [0.1, 0.15) is 45.4 Å². The number of ether oxygens (including phenoxy) is 1. The van der Waals surface area contributed by atoms with Crippen molar-refractivity contribution in [2.45, 2.75) is 31.8 Å². The van der Waals surface area contributed by atoms with Crippen molar-refractivity contribution in [2.24, 2.45) is 0 Å². The van der Waals surface area contributed by atoms with Gasteiger partial charge in [-0.2, -0.15) is 0 Å². The summed E-state index contributed by atoms with van der Waals surface area (Å²) in [7, 11) is 1.59. The summed E-state index contributed by atoms with van der Waals surface area (Å²) < 4.78 is 5.18. The molecule has 4 rings (SSSR count). The molecule has 4 nitrogen and oxygen atoms in total. The molecule has 1 atom stereocenters. The molecule has 0 spiro atoms. The Morgan fingerprint density at radius 3 is 2.87 bits per heavy atom. The standard InChI is InChI=1S/C17H17ClN2O2S/c1-22-12-7-6-9(8-11(12)18)15-19-16(21)14-10-4-2-3-5-13(10)23-17(14)20-15/h6-8,15,20H,2-5H2,1H3,(H,19,21). The summed E-state index contributed by atoms with van der Waals surface area (Å²) in [5.74, 6) is 0.639. The van der Waals surface area contributed by atoms with Gasteiger partial charge in [0.15, 0.2) is 0 Å². The minimum Gasteiger partial charge on any atom is -0.495 e. The highest BCUT2D eigenvalue weighted by Crippen LogP contribution is 2.41. The molecule has 23 heavy (non-hydrogen) atoms. The highest BCUT2D eigenvalue weighted by molar-refractivity contribution is 7.16. The smallest absolute Gasteiger partial charge is 0.256 e. The maximum atomic E-state index is 12.6. The monoisotopic (exact) mass is 348 g/mol. The number of thiophene rings is 1. The molecule has 1 aromatic heterocycles. The van der Waals surface area contributed by atoms with E-state index < -0.39 is 0 Å². The van der Waals surface area contributed by atoms with Crippen molar-refractivity contribution in [1.82, 2.24) is 5.32 Å². The van der Waals surface area contributed by atoms with Gasteiger partial charge < -0.3 is 15.4 Å². The Labute approximate surface area is 143 Å². The third kappa shape index (κ3) is 2.48. The first-order chi connectivity index (χ1) is 11.2. The number of hydrogen-bond acceptors (Lipinski definition) is 4. The Hall–Kier alpha value is -1.72. The highest BCUT2D eigenvalue weighted by atomic mass is 35.5. The van der Waals surface area contributed by atoms with Crippen molar-refractivity contribution < 1.29 is 9.53 Å². The van der Waals surface area contributed by atoms with Crippen LogP contribution < -0.4 is 15.4 Å².